The van der Waals surface area contributed by atoms with Crippen LogP contribution >= 0.6 is 35.0 Å². The highest BCUT2D eigenvalue weighted by atomic mass is 35.5. The third-order valence-electron chi connectivity index (χ3n) is 4.63. The van der Waals surface area contributed by atoms with E-state index in [1.54, 1.807) is 37.3 Å². The lowest BCUT2D eigenvalue weighted by atomic mass is 10.1. The standard InChI is InChI=1S/C21H19Cl2NO5S/c1-12(16-8-9-17(29-16)14-7-6-13(22)11-15(14)23)19-20(27)24(21(28)30-19)10-4-2-3-5-18(25)26/h6-9,11H,2-5,10H2,1H3,(H,25,26)/b19-12-. The van der Waals surface area contributed by atoms with Gasteiger partial charge in [0.25, 0.3) is 11.1 Å². The Hall–Kier alpha value is -2.22. The molecule has 2 heterocycles. The lowest BCUT2D eigenvalue weighted by Gasteiger charge is -2.12. The molecule has 1 aromatic heterocycles. The van der Waals surface area contributed by atoms with E-state index in [0.717, 1.165) is 11.8 Å². The predicted octanol–water partition coefficient (Wildman–Crippen LogP) is 6.32. The van der Waals surface area contributed by atoms with Gasteiger partial charge in [0.15, 0.2) is 0 Å². The summed E-state index contributed by atoms with van der Waals surface area (Å²) < 4.78 is 5.88. The molecule has 158 valence electrons. The Morgan fingerprint density at radius 2 is 1.90 bits per heavy atom. The van der Waals surface area contributed by atoms with E-state index in [0.29, 0.717) is 56.9 Å². The molecule has 1 aliphatic rings. The van der Waals surface area contributed by atoms with Crippen molar-refractivity contribution in [1.29, 1.82) is 0 Å². The van der Waals surface area contributed by atoms with Crippen LogP contribution in [0, 0.1) is 0 Å². The van der Waals surface area contributed by atoms with Crippen molar-refractivity contribution in [2.75, 3.05) is 6.54 Å². The number of benzene rings is 1. The minimum atomic E-state index is -0.850. The molecule has 0 atom stereocenters. The van der Waals surface area contributed by atoms with Gasteiger partial charge in [0.1, 0.15) is 11.5 Å². The Bertz CT molecular complexity index is 1030. The van der Waals surface area contributed by atoms with Crippen LogP contribution in [0.2, 0.25) is 10.0 Å². The first-order valence-electron chi connectivity index (χ1n) is 9.30. The number of thioether (sulfide) groups is 1. The Morgan fingerprint density at radius 1 is 1.13 bits per heavy atom. The number of unbranched alkanes of at least 4 members (excludes halogenated alkanes) is 2. The molecule has 1 fully saturated rings. The summed E-state index contributed by atoms with van der Waals surface area (Å²) in [5.74, 6) is -0.202. The second-order valence-electron chi connectivity index (χ2n) is 6.77. The topological polar surface area (TPSA) is 87.8 Å². The Balaban J connectivity index is 1.72. The van der Waals surface area contributed by atoms with Gasteiger partial charge < -0.3 is 9.52 Å². The molecule has 1 aromatic carbocycles. The molecule has 0 bridgehead atoms. The Morgan fingerprint density at radius 3 is 2.60 bits per heavy atom. The number of rotatable bonds is 8. The molecule has 0 radical (unpaired) electrons. The summed E-state index contributed by atoms with van der Waals surface area (Å²) in [6.45, 7) is 2.00. The van der Waals surface area contributed by atoms with Crippen LogP contribution in [0.5, 0.6) is 0 Å². The summed E-state index contributed by atoms with van der Waals surface area (Å²) in [6.07, 6.45) is 1.80. The zero-order valence-electron chi connectivity index (χ0n) is 16.1. The van der Waals surface area contributed by atoms with Gasteiger partial charge in [-0.05, 0) is 61.9 Å². The quantitative estimate of drug-likeness (QED) is 0.360. The molecule has 2 aromatic rings. The number of hydrogen-bond donors (Lipinski definition) is 1. The predicted molar refractivity (Wildman–Crippen MR) is 118 cm³/mol. The molecule has 30 heavy (non-hydrogen) atoms. The van der Waals surface area contributed by atoms with Crippen molar-refractivity contribution in [1.82, 2.24) is 4.90 Å². The van der Waals surface area contributed by atoms with Crippen LogP contribution in [0.3, 0.4) is 0 Å². The fourth-order valence-electron chi connectivity index (χ4n) is 3.03. The fourth-order valence-corrected chi connectivity index (χ4v) is 4.44. The van der Waals surface area contributed by atoms with Gasteiger partial charge in [0.2, 0.25) is 0 Å². The third-order valence-corrected chi connectivity index (χ3v) is 6.26. The molecule has 0 spiro atoms. The molecule has 2 amide bonds. The molecular weight excluding hydrogens is 449 g/mol. The maximum Gasteiger partial charge on any atom is 0.303 e. The number of halogens is 2. The number of carbonyl (C=O) groups excluding carboxylic acids is 2. The normalized spacial score (nSPS) is 15.8. The Labute approximate surface area is 187 Å². The van der Waals surface area contributed by atoms with Crippen molar-refractivity contribution < 1.29 is 23.9 Å². The van der Waals surface area contributed by atoms with Crippen molar-refractivity contribution >= 4 is 57.7 Å². The molecular formula is C21H19Cl2NO5S. The first-order chi connectivity index (χ1) is 14.3. The summed E-state index contributed by atoms with van der Waals surface area (Å²) >= 11 is 13.0. The summed E-state index contributed by atoms with van der Waals surface area (Å²) in [5, 5.41) is 9.30. The van der Waals surface area contributed by atoms with Gasteiger partial charge in [0.05, 0.1) is 9.93 Å². The largest absolute Gasteiger partial charge is 0.481 e. The number of aliphatic carboxylic acids is 1. The SMILES string of the molecule is C/C(=C1/SC(=O)N(CCCCCC(=O)O)C1=O)c1ccc(-c2ccc(Cl)cc2Cl)o1. The minimum absolute atomic E-state index is 0.0827. The number of nitrogens with zero attached hydrogens (tertiary/aromatic N) is 1. The van der Waals surface area contributed by atoms with Crippen LogP contribution in [0.4, 0.5) is 4.79 Å². The molecule has 1 saturated heterocycles. The maximum absolute atomic E-state index is 12.7. The number of hydrogen-bond acceptors (Lipinski definition) is 5. The monoisotopic (exact) mass is 467 g/mol. The number of allylic oxidation sites excluding steroid dienone is 1. The number of carboxylic acids is 1. The van der Waals surface area contributed by atoms with E-state index in [4.69, 9.17) is 32.7 Å². The highest BCUT2D eigenvalue weighted by Gasteiger charge is 2.36. The molecule has 0 saturated carbocycles. The lowest BCUT2D eigenvalue weighted by Crippen LogP contribution is -2.29. The first-order valence-corrected chi connectivity index (χ1v) is 10.9. The van der Waals surface area contributed by atoms with E-state index in [-0.39, 0.29) is 24.1 Å². The van der Waals surface area contributed by atoms with Crippen LogP contribution in [0.15, 0.2) is 39.7 Å². The molecule has 6 nitrogen and oxygen atoms in total. The number of carboxylic acid groups (broad SMARTS) is 1. The zero-order valence-corrected chi connectivity index (χ0v) is 18.4. The van der Waals surface area contributed by atoms with E-state index in [9.17, 15) is 14.4 Å². The molecule has 9 heteroatoms. The summed E-state index contributed by atoms with van der Waals surface area (Å²) in [5.41, 5.74) is 1.25. The van der Waals surface area contributed by atoms with Crippen LogP contribution in [0.25, 0.3) is 16.9 Å². The third kappa shape index (κ3) is 5.09. The maximum atomic E-state index is 12.7. The van der Waals surface area contributed by atoms with E-state index in [1.807, 2.05) is 0 Å². The average molecular weight is 468 g/mol. The van der Waals surface area contributed by atoms with Gasteiger partial charge in [-0.2, -0.15) is 0 Å². The van der Waals surface area contributed by atoms with Crippen LogP contribution in [0.1, 0.15) is 38.4 Å². The highest BCUT2D eigenvalue weighted by molar-refractivity contribution is 8.18. The molecule has 1 aliphatic heterocycles. The van der Waals surface area contributed by atoms with E-state index in [1.165, 1.54) is 4.90 Å². The molecule has 0 unspecified atom stereocenters. The number of furan rings is 1. The second kappa shape index (κ2) is 9.73. The summed E-state index contributed by atoms with van der Waals surface area (Å²) in [4.78, 5) is 37.1. The Kier molecular flexibility index (Phi) is 7.28. The van der Waals surface area contributed by atoms with Crippen molar-refractivity contribution in [3.8, 4) is 11.3 Å². The highest BCUT2D eigenvalue weighted by Crippen LogP contribution is 2.39. The summed E-state index contributed by atoms with van der Waals surface area (Å²) in [7, 11) is 0. The smallest absolute Gasteiger partial charge is 0.303 e. The zero-order chi connectivity index (χ0) is 21.8. The minimum Gasteiger partial charge on any atom is -0.481 e. The van der Waals surface area contributed by atoms with Gasteiger partial charge in [-0.25, -0.2) is 0 Å². The molecule has 1 N–H and O–H groups in total. The van der Waals surface area contributed by atoms with Crippen molar-refractivity contribution in [3.05, 3.63) is 51.0 Å². The van der Waals surface area contributed by atoms with E-state index < -0.39 is 5.97 Å². The van der Waals surface area contributed by atoms with Gasteiger partial charge in [-0.15, -0.1) is 0 Å². The molecule has 0 aliphatic carbocycles. The fraction of sp³-hybridized carbons (Fsp3) is 0.286. The van der Waals surface area contributed by atoms with Crippen molar-refractivity contribution in [2.45, 2.75) is 32.6 Å². The lowest BCUT2D eigenvalue weighted by molar-refractivity contribution is -0.137. The van der Waals surface area contributed by atoms with E-state index >= 15 is 0 Å². The van der Waals surface area contributed by atoms with Crippen molar-refractivity contribution in [2.24, 2.45) is 0 Å². The van der Waals surface area contributed by atoms with Gasteiger partial charge in [0, 0.05) is 29.1 Å². The summed E-state index contributed by atoms with van der Waals surface area (Å²) in [6, 6.07) is 8.56. The molecule has 3 rings (SSSR count). The van der Waals surface area contributed by atoms with Crippen molar-refractivity contribution in [3.63, 3.8) is 0 Å². The number of imide groups is 1. The average Bonchev–Trinajstić information content (AvgIpc) is 3.27. The van der Waals surface area contributed by atoms with Crippen LogP contribution in [-0.2, 0) is 9.59 Å². The number of carbonyl (C=O) groups is 3. The van der Waals surface area contributed by atoms with Gasteiger partial charge in [-0.1, -0.05) is 29.6 Å². The second-order valence-corrected chi connectivity index (χ2v) is 8.58. The van der Waals surface area contributed by atoms with Gasteiger partial charge in [-0.3, -0.25) is 19.3 Å². The number of amides is 2. The van der Waals surface area contributed by atoms with Gasteiger partial charge >= 0.3 is 5.97 Å². The van der Waals surface area contributed by atoms with E-state index in [2.05, 4.69) is 0 Å². The van der Waals surface area contributed by atoms with Crippen LogP contribution in [-0.4, -0.2) is 33.7 Å². The first kappa shape index (κ1) is 22.5. The van der Waals surface area contributed by atoms with Crippen LogP contribution < -0.4 is 0 Å².